The summed E-state index contributed by atoms with van der Waals surface area (Å²) >= 11 is 1.71. The number of fused-ring (bicyclic) bond motifs is 1. The Bertz CT molecular complexity index is 1140. The van der Waals surface area contributed by atoms with Crippen LogP contribution in [0.5, 0.6) is 0 Å². The maximum absolute atomic E-state index is 11.3. The third kappa shape index (κ3) is 5.05. The summed E-state index contributed by atoms with van der Waals surface area (Å²) in [7, 11) is 0. The Kier molecular flexibility index (Phi) is 7.71. The van der Waals surface area contributed by atoms with E-state index in [1.807, 2.05) is 0 Å². The van der Waals surface area contributed by atoms with Crippen LogP contribution in [-0.4, -0.2) is 38.6 Å². The van der Waals surface area contributed by atoms with Crippen molar-refractivity contribution in [3.05, 3.63) is 63.7 Å². The average Bonchev–Trinajstić information content (AvgIpc) is 3.38. The van der Waals surface area contributed by atoms with Crippen LogP contribution in [-0.2, 0) is 11.8 Å². The predicted octanol–water partition coefficient (Wildman–Crippen LogP) is 6.82. The highest BCUT2D eigenvalue weighted by molar-refractivity contribution is 7.09. The lowest BCUT2D eigenvalue weighted by molar-refractivity contribution is 0.0706. The van der Waals surface area contributed by atoms with Gasteiger partial charge in [-0.2, -0.15) is 0 Å². The molecule has 5 rings (SSSR count). The molecular weight excluding hydrogens is 490 g/mol. The zero-order chi connectivity index (χ0) is 27.3. The molecule has 0 bridgehead atoms. The number of hydrogen-bond donors (Lipinski definition) is 3. The zero-order valence-corrected chi connectivity index (χ0v) is 24.6. The summed E-state index contributed by atoms with van der Waals surface area (Å²) in [5.41, 5.74) is 4.45. The summed E-state index contributed by atoms with van der Waals surface area (Å²) in [5.74, 6) is 1.11. The molecule has 0 radical (unpaired) electrons. The Morgan fingerprint density at radius 1 is 1.21 bits per heavy atom. The number of aromatic nitrogens is 1. The lowest BCUT2D eigenvalue weighted by Crippen LogP contribution is -2.39. The van der Waals surface area contributed by atoms with Crippen LogP contribution in [0.25, 0.3) is 0 Å². The Hall–Kier alpha value is -1.53. The first-order valence-corrected chi connectivity index (χ1v) is 15.7. The molecule has 0 unspecified atom stereocenters. The van der Waals surface area contributed by atoms with Gasteiger partial charge in [-0.05, 0) is 91.6 Å². The lowest BCUT2D eigenvalue weighted by atomic mass is 9.57. The van der Waals surface area contributed by atoms with Crippen molar-refractivity contribution in [1.82, 2.24) is 4.98 Å². The number of allylic oxidation sites excluding steroid dienone is 4. The summed E-state index contributed by atoms with van der Waals surface area (Å²) in [4.78, 5) is 4.82. The van der Waals surface area contributed by atoms with Crippen LogP contribution in [0.4, 0.5) is 0 Å². The fraction of sp³-hybridized carbons (Fsp3) is 0.667. The molecule has 0 aromatic carbocycles. The van der Waals surface area contributed by atoms with Crippen LogP contribution >= 0.6 is 11.3 Å². The highest BCUT2D eigenvalue weighted by atomic mass is 32.1. The summed E-state index contributed by atoms with van der Waals surface area (Å²) in [6.45, 7) is 13.5. The summed E-state index contributed by atoms with van der Waals surface area (Å²) in [6.07, 6.45) is 17.1. The second-order valence-corrected chi connectivity index (χ2v) is 14.2. The van der Waals surface area contributed by atoms with Crippen LogP contribution in [0.3, 0.4) is 0 Å². The molecule has 1 aromatic heterocycles. The van der Waals surface area contributed by atoms with E-state index >= 15 is 0 Å². The molecule has 4 fully saturated rings. The second kappa shape index (κ2) is 10.5. The van der Waals surface area contributed by atoms with E-state index in [0.717, 1.165) is 47.5 Å². The predicted molar refractivity (Wildman–Crippen MR) is 156 cm³/mol. The van der Waals surface area contributed by atoms with Gasteiger partial charge in [-0.25, -0.2) is 4.98 Å². The molecule has 4 saturated carbocycles. The molecule has 4 nitrogen and oxygen atoms in total. The first kappa shape index (κ1) is 28.0. The molecular formula is C33H47NO3S. The van der Waals surface area contributed by atoms with E-state index in [4.69, 9.17) is 4.98 Å². The first-order chi connectivity index (χ1) is 18.0. The lowest BCUT2D eigenvalue weighted by Gasteiger charge is -2.47. The van der Waals surface area contributed by atoms with E-state index in [1.54, 1.807) is 11.3 Å². The molecule has 0 aliphatic heterocycles. The van der Waals surface area contributed by atoms with Crippen molar-refractivity contribution in [2.45, 2.75) is 116 Å². The third-order valence-corrected chi connectivity index (χ3v) is 11.6. The van der Waals surface area contributed by atoms with Gasteiger partial charge in [-0.1, -0.05) is 64.2 Å². The molecule has 6 atom stereocenters. The molecule has 4 aliphatic carbocycles. The van der Waals surface area contributed by atoms with E-state index in [9.17, 15) is 15.3 Å². The number of hydrogen-bond acceptors (Lipinski definition) is 5. The molecule has 3 N–H and O–H groups in total. The molecule has 1 aromatic rings. The molecule has 208 valence electrons. The van der Waals surface area contributed by atoms with Gasteiger partial charge < -0.3 is 15.3 Å². The van der Waals surface area contributed by atoms with Crippen LogP contribution in [0, 0.1) is 22.7 Å². The van der Waals surface area contributed by atoms with Crippen molar-refractivity contribution in [1.29, 1.82) is 0 Å². The van der Waals surface area contributed by atoms with Crippen LogP contribution in [0.1, 0.15) is 96.2 Å². The van der Waals surface area contributed by atoms with Crippen molar-refractivity contribution in [3.8, 4) is 0 Å². The van der Waals surface area contributed by atoms with Crippen molar-refractivity contribution in [3.63, 3.8) is 0 Å². The summed E-state index contributed by atoms with van der Waals surface area (Å²) < 4.78 is 0. The molecule has 1 heterocycles. The standard InChI is InChI=1S/C33H47NO3S/c1-6-24-20-38-30(34-24)33(16-17-33)29(37)13-15-31(3,4)28-12-11-26-22(8-7-14-32(26,28)5)9-10-23-18-25(35)19-27(36)21(23)2/h9-10,13,15,20,25-29,35-37H,2,6-8,11-12,14,16-19H2,1,3-5H3/t25-,26+,27+,28-,29+,32+/m1/s1. The Morgan fingerprint density at radius 2 is 1.97 bits per heavy atom. The maximum Gasteiger partial charge on any atom is 0.102 e. The van der Waals surface area contributed by atoms with Gasteiger partial charge in [-0.15, -0.1) is 11.3 Å². The monoisotopic (exact) mass is 537 g/mol. The van der Waals surface area contributed by atoms with Gasteiger partial charge in [0.05, 0.1) is 29.4 Å². The smallest absolute Gasteiger partial charge is 0.102 e. The zero-order valence-electron chi connectivity index (χ0n) is 23.7. The van der Waals surface area contributed by atoms with Gasteiger partial charge >= 0.3 is 0 Å². The summed E-state index contributed by atoms with van der Waals surface area (Å²) in [5, 5.41) is 34.9. The molecule has 4 aliphatic rings. The van der Waals surface area contributed by atoms with Gasteiger partial charge in [0.2, 0.25) is 0 Å². The minimum Gasteiger partial charge on any atom is -0.393 e. The normalized spacial score (nSPS) is 36.2. The number of aliphatic hydroxyl groups is 3. The molecule has 0 spiro atoms. The Morgan fingerprint density at radius 3 is 2.66 bits per heavy atom. The van der Waals surface area contributed by atoms with Gasteiger partial charge in [0, 0.05) is 11.8 Å². The van der Waals surface area contributed by atoms with Crippen molar-refractivity contribution in [2.24, 2.45) is 22.7 Å². The minimum absolute atomic E-state index is 0.00912. The van der Waals surface area contributed by atoms with Crippen molar-refractivity contribution in [2.75, 3.05) is 0 Å². The number of aliphatic hydroxyl groups excluding tert-OH is 3. The Balaban J connectivity index is 1.32. The fourth-order valence-electron chi connectivity index (χ4n) is 8.04. The van der Waals surface area contributed by atoms with Crippen molar-refractivity contribution < 1.29 is 15.3 Å². The molecule has 38 heavy (non-hydrogen) atoms. The van der Waals surface area contributed by atoms with Crippen LogP contribution in [0.15, 0.2) is 53.0 Å². The fourth-order valence-corrected chi connectivity index (χ4v) is 9.23. The minimum atomic E-state index is -0.641. The first-order valence-electron chi connectivity index (χ1n) is 14.8. The SMILES string of the molecule is C=C1C(=CC=C2CCC[C@]3(C)[C@@H](C(C)(C)C=C[C@H](O)C4(c5nc(CC)cs5)CC4)CC[C@@H]23)C[C@@H](O)C[C@@H]1O. The largest absolute Gasteiger partial charge is 0.393 e. The van der Waals surface area contributed by atoms with Gasteiger partial charge in [0.15, 0.2) is 0 Å². The average molecular weight is 538 g/mol. The molecule has 0 amide bonds. The third-order valence-electron chi connectivity index (χ3n) is 10.5. The Labute approximate surface area is 233 Å². The van der Waals surface area contributed by atoms with E-state index in [-0.39, 0.29) is 16.2 Å². The summed E-state index contributed by atoms with van der Waals surface area (Å²) in [6, 6.07) is 0. The second-order valence-electron chi connectivity index (χ2n) is 13.4. The van der Waals surface area contributed by atoms with Gasteiger partial charge in [0.1, 0.15) is 5.01 Å². The van der Waals surface area contributed by atoms with E-state index < -0.39 is 18.3 Å². The maximum atomic E-state index is 11.3. The number of rotatable bonds is 7. The molecule has 5 heteroatoms. The quantitative estimate of drug-likeness (QED) is 0.334. The van der Waals surface area contributed by atoms with Gasteiger partial charge in [-0.3, -0.25) is 0 Å². The number of thiazole rings is 1. The number of aryl methyl sites for hydroxylation is 1. The van der Waals surface area contributed by atoms with Gasteiger partial charge in [0.25, 0.3) is 0 Å². The van der Waals surface area contributed by atoms with E-state index in [0.29, 0.717) is 24.7 Å². The van der Waals surface area contributed by atoms with Crippen molar-refractivity contribution >= 4 is 11.3 Å². The van der Waals surface area contributed by atoms with Crippen LogP contribution < -0.4 is 0 Å². The van der Waals surface area contributed by atoms with E-state index in [1.165, 1.54) is 31.3 Å². The topological polar surface area (TPSA) is 73.6 Å². The van der Waals surface area contributed by atoms with Crippen LogP contribution in [0.2, 0.25) is 0 Å². The van der Waals surface area contributed by atoms with E-state index in [2.05, 4.69) is 64.0 Å². The molecule has 0 saturated heterocycles. The highest BCUT2D eigenvalue weighted by Crippen LogP contribution is 2.62. The highest BCUT2D eigenvalue weighted by Gasteiger charge is 2.54. The number of nitrogens with zero attached hydrogens (tertiary/aromatic N) is 1.